The van der Waals surface area contributed by atoms with Crippen LogP contribution < -0.4 is 21.7 Å². The predicted octanol–water partition coefficient (Wildman–Crippen LogP) is 3.45. The molecule has 0 radical (unpaired) electrons. The van der Waals surface area contributed by atoms with E-state index in [2.05, 4.69) is 25.9 Å². The molecule has 0 aliphatic heterocycles. The van der Waals surface area contributed by atoms with Gasteiger partial charge < -0.3 is 27.1 Å². The quantitative estimate of drug-likeness (QED) is 0.153. The van der Waals surface area contributed by atoms with Crippen molar-refractivity contribution in [2.75, 3.05) is 24.6 Å². The Labute approximate surface area is 205 Å². The second-order valence-corrected chi connectivity index (χ2v) is 8.67. The van der Waals surface area contributed by atoms with E-state index in [1.54, 1.807) is 25.5 Å². The lowest BCUT2D eigenvalue weighted by Crippen LogP contribution is -2.28. The Balaban J connectivity index is 1.98. The number of aromatic nitrogens is 2. The van der Waals surface area contributed by atoms with Gasteiger partial charge in [0.25, 0.3) is 5.91 Å². The van der Waals surface area contributed by atoms with Crippen molar-refractivity contribution in [3.8, 4) is 11.1 Å². The number of hydrogen-bond donors (Lipinski definition) is 5. The first-order valence-corrected chi connectivity index (χ1v) is 11.7. The van der Waals surface area contributed by atoms with Crippen molar-refractivity contribution >= 4 is 30.0 Å². The number of benzene rings is 1. The molecule has 2 aromatic rings. The van der Waals surface area contributed by atoms with Crippen molar-refractivity contribution in [1.29, 1.82) is 5.41 Å². The fraction of sp³-hybridized carbons (Fsp3) is 0.346. The van der Waals surface area contributed by atoms with E-state index in [0.29, 0.717) is 28.0 Å². The summed E-state index contributed by atoms with van der Waals surface area (Å²) in [5.41, 5.74) is 10.7. The van der Waals surface area contributed by atoms with Crippen LogP contribution in [0.4, 0.5) is 11.6 Å². The van der Waals surface area contributed by atoms with Crippen LogP contribution in [0.15, 0.2) is 47.4 Å². The second kappa shape index (κ2) is 11.9. The zero-order chi connectivity index (χ0) is 25.4. The molecule has 1 fully saturated rings. The van der Waals surface area contributed by atoms with Crippen LogP contribution in [0.1, 0.15) is 55.5 Å². The van der Waals surface area contributed by atoms with Crippen molar-refractivity contribution in [3.63, 3.8) is 0 Å². The van der Waals surface area contributed by atoms with Gasteiger partial charge in [-0.25, -0.2) is 9.97 Å². The average molecular weight is 476 g/mol. The molecule has 0 atom stereocenters. The molecule has 35 heavy (non-hydrogen) atoms. The van der Waals surface area contributed by atoms with E-state index in [9.17, 15) is 9.59 Å². The first kappa shape index (κ1) is 25.6. The van der Waals surface area contributed by atoms with Gasteiger partial charge in [0.15, 0.2) is 0 Å². The Morgan fingerprint density at radius 3 is 2.46 bits per heavy atom. The summed E-state index contributed by atoms with van der Waals surface area (Å²) in [6.45, 7) is 3.79. The smallest absolute Gasteiger partial charge is 0.252 e. The largest absolute Gasteiger partial charge is 0.392 e. The molecule has 0 spiro atoms. The Bertz CT molecular complexity index is 1150. The maximum atomic E-state index is 13.3. The molecule has 9 heteroatoms. The molecule has 0 bridgehead atoms. The minimum Gasteiger partial charge on any atom is -0.392 e. The summed E-state index contributed by atoms with van der Waals surface area (Å²) in [5.74, 6) is -0.212. The van der Waals surface area contributed by atoms with Crippen molar-refractivity contribution in [2.45, 2.75) is 45.6 Å². The standard InChI is InChI=1S/C26H33N7O2/c1-16(8-17(2)29-3)20(15-34)14-30-25(35)22-9-18(19-12-31-26(28)32-13-19)10-24(23(22)11-27)33-21-6-4-5-7-21/h8-13,15,21,27,29,33H,4-7,14H2,1-3H3,(H,30,35)(H2,28,31,32)/b17-8-,20-16-,27-11?. The zero-order valence-electron chi connectivity index (χ0n) is 20.4. The van der Waals surface area contributed by atoms with Crippen LogP contribution in [-0.4, -0.2) is 48.0 Å². The number of rotatable bonds is 10. The molecule has 3 rings (SSSR count). The van der Waals surface area contributed by atoms with Gasteiger partial charge in [-0.2, -0.15) is 0 Å². The molecule has 1 heterocycles. The topological polar surface area (TPSA) is 146 Å². The van der Waals surface area contributed by atoms with E-state index in [1.165, 1.54) is 6.21 Å². The minimum absolute atomic E-state index is 0.0691. The first-order chi connectivity index (χ1) is 16.9. The summed E-state index contributed by atoms with van der Waals surface area (Å²) in [6.07, 6.45) is 11.4. The summed E-state index contributed by atoms with van der Waals surface area (Å²) < 4.78 is 0. The van der Waals surface area contributed by atoms with Crippen LogP contribution in [0.25, 0.3) is 11.1 Å². The monoisotopic (exact) mass is 475 g/mol. The van der Waals surface area contributed by atoms with Crippen LogP contribution in [0.3, 0.4) is 0 Å². The summed E-state index contributed by atoms with van der Waals surface area (Å²) in [5, 5.41) is 17.4. The van der Waals surface area contributed by atoms with Crippen molar-refractivity contribution < 1.29 is 9.59 Å². The van der Waals surface area contributed by atoms with E-state index in [1.807, 2.05) is 26.0 Å². The summed E-state index contributed by atoms with van der Waals surface area (Å²) in [4.78, 5) is 33.1. The van der Waals surface area contributed by atoms with E-state index in [-0.39, 0.29) is 24.4 Å². The van der Waals surface area contributed by atoms with Gasteiger partial charge in [-0.05, 0) is 56.0 Å². The fourth-order valence-electron chi connectivity index (χ4n) is 4.09. The normalized spacial score (nSPS) is 14.8. The van der Waals surface area contributed by atoms with Crippen LogP contribution >= 0.6 is 0 Å². The third-order valence-corrected chi connectivity index (χ3v) is 6.20. The van der Waals surface area contributed by atoms with Crippen LogP contribution in [0.5, 0.6) is 0 Å². The molecule has 1 amide bonds. The van der Waals surface area contributed by atoms with Gasteiger partial charge in [-0.15, -0.1) is 0 Å². The van der Waals surface area contributed by atoms with E-state index in [4.69, 9.17) is 11.1 Å². The number of nitrogens with zero attached hydrogens (tertiary/aromatic N) is 2. The highest BCUT2D eigenvalue weighted by molar-refractivity contribution is 6.06. The van der Waals surface area contributed by atoms with Crippen molar-refractivity contribution in [3.05, 3.63) is 58.6 Å². The van der Waals surface area contributed by atoms with Gasteiger partial charge in [0.1, 0.15) is 6.29 Å². The van der Waals surface area contributed by atoms with Gasteiger partial charge in [-0.3, -0.25) is 9.59 Å². The molecule has 1 saturated carbocycles. The Kier molecular flexibility index (Phi) is 8.72. The van der Waals surface area contributed by atoms with E-state index >= 15 is 0 Å². The number of nitrogens with two attached hydrogens (primary N) is 1. The number of anilines is 2. The van der Waals surface area contributed by atoms with Gasteiger partial charge in [0.05, 0.1) is 5.56 Å². The van der Waals surface area contributed by atoms with Gasteiger partial charge in [0, 0.05) is 66.3 Å². The van der Waals surface area contributed by atoms with Crippen LogP contribution in [0, 0.1) is 5.41 Å². The molecule has 184 valence electrons. The summed E-state index contributed by atoms with van der Waals surface area (Å²) in [6, 6.07) is 3.92. The molecule has 1 aromatic heterocycles. The number of carbonyl (C=O) groups is 2. The summed E-state index contributed by atoms with van der Waals surface area (Å²) in [7, 11) is 1.80. The Hall–Kier alpha value is -4.01. The van der Waals surface area contributed by atoms with E-state index < -0.39 is 0 Å². The maximum Gasteiger partial charge on any atom is 0.252 e. The molecule has 6 N–H and O–H groups in total. The van der Waals surface area contributed by atoms with Crippen LogP contribution in [-0.2, 0) is 4.79 Å². The van der Waals surface area contributed by atoms with Gasteiger partial charge in [0.2, 0.25) is 5.95 Å². The number of aldehydes is 1. The molecular formula is C26H33N7O2. The van der Waals surface area contributed by atoms with Crippen molar-refractivity contribution in [1.82, 2.24) is 20.6 Å². The van der Waals surface area contributed by atoms with Gasteiger partial charge >= 0.3 is 0 Å². The lowest BCUT2D eigenvalue weighted by Gasteiger charge is -2.19. The number of amides is 1. The number of carbonyl (C=O) groups excluding carboxylic acids is 2. The first-order valence-electron chi connectivity index (χ1n) is 11.7. The lowest BCUT2D eigenvalue weighted by molar-refractivity contribution is -0.105. The Morgan fingerprint density at radius 2 is 1.86 bits per heavy atom. The molecular weight excluding hydrogens is 442 g/mol. The highest BCUT2D eigenvalue weighted by Gasteiger charge is 2.21. The average Bonchev–Trinajstić information content (AvgIpc) is 3.37. The minimum atomic E-state index is -0.377. The fourth-order valence-corrected chi connectivity index (χ4v) is 4.09. The van der Waals surface area contributed by atoms with E-state index in [0.717, 1.165) is 48.8 Å². The number of allylic oxidation sites excluding steroid dienone is 3. The molecule has 1 aromatic carbocycles. The molecule has 1 aliphatic carbocycles. The van der Waals surface area contributed by atoms with Gasteiger partial charge in [-0.1, -0.05) is 12.8 Å². The zero-order valence-corrected chi connectivity index (χ0v) is 20.4. The van der Waals surface area contributed by atoms with Crippen molar-refractivity contribution in [2.24, 2.45) is 0 Å². The third-order valence-electron chi connectivity index (χ3n) is 6.20. The molecule has 0 saturated heterocycles. The highest BCUT2D eigenvalue weighted by Crippen LogP contribution is 2.31. The SMILES string of the molecule is CN/C(C)=C\C(C)=C(/C=O)CNC(=O)c1cc(-c2cnc(N)nc2)cc(NC2CCCC2)c1C=N. The maximum absolute atomic E-state index is 13.3. The number of hydrogen-bond acceptors (Lipinski definition) is 8. The number of nitrogens with one attached hydrogen (secondary N) is 4. The number of nitrogen functional groups attached to an aromatic ring is 1. The summed E-state index contributed by atoms with van der Waals surface area (Å²) >= 11 is 0. The molecule has 9 nitrogen and oxygen atoms in total. The van der Waals surface area contributed by atoms with Crippen LogP contribution in [0.2, 0.25) is 0 Å². The third kappa shape index (κ3) is 6.53. The molecule has 1 aliphatic rings. The second-order valence-electron chi connectivity index (χ2n) is 8.67. The molecule has 0 unspecified atom stereocenters. The lowest BCUT2D eigenvalue weighted by atomic mass is 9.97. The highest BCUT2D eigenvalue weighted by atomic mass is 16.1. The Morgan fingerprint density at radius 1 is 1.17 bits per heavy atom. The predicted molar refractivity (Wildman–Crippen MR) is 140 cm³/mol.